The van der Waals surface area contributed by atoms with Crippen LogP contribution >= 0.6 is 0 Å². The van der Waals surface area contributed by atoms with E-state index in [1.165, 1.54) is 5.56 Å². The molecule has 1 saturated carbocycles. The summed E-state index contributed by atoms with van der Waals surface area (Å²) in [6, 6.07) is 11.5. The number of rotatable bonds is 6. The second kappa shape index (κ2) is 8.05. The van der Waals surface area contributed by atoms with E-state index >= 15 is 0 Å². The van der Waals surface area contributed by atoms with Crippen molar-refractivity contribution in [2.45, 2.75) is 47.1 Å². The average molecular weight is 380 g/mol. The highest BCUT2D eigenvalue weighted by molar-refractivity contribution is 6.04. The summed E-state index contributed by atoms with van der Waals surface area (Å²) in [6.45, 7) is 9.88. The van der Waals surface area contributed by atoms with Gasteiger partial charge in [0.1, 0.15) is 5.75 Å². The molecule has 2 aromatic rings. The smallest absolute Gasteiger partial charge is 0.228 e. The highest BCUT2D eigenvalue weighted by Gasteiger charge is 2.48. The Balaban J connectivity index is 1.63. The van der Waals surface area contributed by atoms with Crippen molar-refractivity contribution < 1.29 is 14.3 Å². The maximum Gasteiger partial charge on any atom is 0.228 e. The van der Waals surface area contributed by atoms with Gasteiger partial charge in [0.25, 0.3) is 0 Å². The Hall–Kier alpha value is -2.82. The van der Waals surface area contributed by atoms with Gasteiger partial charge in [0.2, 0.25) is 11.8 Å². The van der Waals surface area contributed by atoms with Crippen molar-refractivity contribution in [2.75, 3.05) is 10.6 Å². The lowest BCUT2D eigenvalue weighted by Crippen LogP contribution is -2.21. The lowest BCUT2D eigenvalue weighted by atomic mass is 10.0. The number of hydrogen-bond acceptors (Lipinski definition) is 3. The van der Waals surface area contributed by atoms with Gasteiger partial charge in [0.05, 0.1) is 23.6 Å². The molecule has 148 valence electrons. The van der Waals surface area contributed by atoms with Crippen LogP contribution in [0.2, 0.25) is 0 Å². The molecule has 0 bridgehead atoms. The van der Waals surface area contributed by atoms with E-state index in [-0.39, 0.29) is 29.8 Å². The van der Waals surface area contributed by atoms with E-state index in [1.807, 2.05) is 71.0 Å². The summed E-state index contributed by atoms with van der Waals surface area (Å²) in [5.74, 6) is -0.200. The maximum atomic E-state index is 12.6. The van der Waals surface area contributed by atoms with Crippen molar-refractivity contribution in [2.24, 2.45) is 11.8 Å². The first-order chi connectivity index (χ1) is 13.3. The first-order valence-electron chi connectivity index (χ1n) is 9.71. The fraction of sp³-hybridized carbons (Fsp3) is 0.391. The second-order valence-corrected chi connectivity index (χ2v) is 7.86. The van der Waals surface area contributed by atoms with Gasteiger partial charge in [-0.25, -0.2) is 0 Å². The Morgan fingerprint density at radius 2 is 1.54 bits per heavy atom. The number of benzene rings is 2. The molecule has 2 amide bonds. The minimum absolute atomic E-state index is 0.0125. The number of carbonyl (C=O) groups excluding carboxylic acids is 2. The first-order valence-corrected chi connectivity index (χ1v) is 9.71. The van der Waals surface area contributed by atoms with Gasteiger partial charge in [-0.15, -0.1) is 0 Å². The largest absolute Gasteiger partial charge is 0.489 e. The van der Waals surface area contributed by atoms with Crippen LogP contribution in [0.5, 0.6) is 5.75 Å². The number of anilines is 2. The monoisotopic (exact) mass is 380 g/mol. The van der Waals surface area contributed by atoms with Gasteiger partial charge in [-0.2, -0.15) is 0 Å². The van der Waals surface area contributed by atoms with Gasteiger partial charge in [0, 0.05) is 5.69 Å². The molecule has 3 rings (SSSR count). The molecule has 0 heterocycles. The molecule has 2 aromatic carbocycles. The topological polar surface area (TPSA) is 67.4 Å². The van der Waals surface area contributed by atoms with Gasteiger partial charge in [-0.1, -0.05) is 29.8 Å². The summed E-state index contributed by atoms with van der Waals surface area (Å²) >= 11 is 0. The van der Waals surface area contributed by atoms with Crippen LogP contribution in [0, 0.1) is 32.6 Å². The first kappa shape index (κ1) is 19.9. The molecule has 1 aliphatic carbocycles. The van der Waals surface area contributed by atoms with E-state index in [9.17, 15) is 9.59 Å². The fourth-order valence-electron chi connectivity index (χ4n) is 3.52. The normalized spacial score (nSPS) is 17.9. The molecule has 1 fully saturated rings. The Labute approximate surface area is 166 Å². The summed E-state index contributed by atoms with van der Waals surface area (Å²) in [7, 11) is 0. The van der Waals surface area contributed by atoms with Gasteiger partial charge in [-0.3, -0.25) is 9.59 Å². The lowest BCUT2D eigenvalue weighted by molar-refractivity contribution is -0.122. The van der Waals surface area contributed by atoms with Gasteiger partial charge < -0.3 is 15.4 Å². The van der Waals surface area contributed by atoms with Crippen LogP contribution in [0.3, 0.4) is 0 Å². The number of aryl methyl sites for hydroxylation is 3. The predicted octanol–water partition coefficient (Wildman–Crippen LogP) is 4.61. The molecular weight excluding hydrogens is 352 g/mol. The summed E-state index contributed by atoms with van der Waals surface area (Å²) in [5.41, 5.74) is 4.72. The highest BCUT2D eigenvalue weighted by Crippen LogP contribution is 2.41. The van der Waals surface area contributed by atoms with Gasteiger partial charge in [-0.05, 0) is 64.3 Å². The van der Waals surface area contributed by atoms with E-state index in [1.54, 1.807) is 0 Å². The zero-order chi connectivity index (χ0) is 20.4. The van der Waals surface area contributed by atoms with Crippen molar-refractivity contribution in [3.63, 3.8) is 0 Å². The second-order valence-electron chi connectivity index (χ2n) is 7.86. The summed E-state index contributed by atoms with van der Waals surface area (Å²) < 4.78 is 5.74. The van der Waals surface area contributed by atoms with Gasteiger partial charge in [0.15, 0.2) is 0 Å². The van der Waals surface area contributed by atoms with Crippen LogP contribution in [0.4, 0.5) is 11.4 Å². The van der Waals surface area contributed by atoms with Crippen LogP contribution in [0.25, 0.3) is 0 Å². The number of carbonyl (C=O) groups is 2. The third kappa shape index (κ3) is 4.53. The van der Waals surface area contributed by atoms with E-state index in [0.717, 1.165) is 16.8 Å². The molecule has 2 N–H and O–H groups in total. The third-order valence-corrected chi connectivity index (χ3v) is 4.90. The van der Waals surface area contributed by atoms with E-state index in [0.29, 0.717) is 17.9 Å². The number of hydrogen-bond donors (Lipinski definition) is 2. The number of nitrogens with one attached hydrogen (secondary N) is 2. The minimum Gasteiger partial charge on any atom is -0.489 e. The van der Waals surface area contributed by atoms with Crippen molar-refractivity contribution >= 4 is 23.2 Å². The summed E-state index contributed by atoms with van der Waals surface area (Å²) in [4.78, 5) is 25.2. The molecular formula is C23H28N2O3. The quantitative estimate of drug-likeness (QED) is 0.769. The molecule has 0 spiro atoms. The highest BCUT2D eigenvalue weighted by atomic mass is 16.5. The molecule has 28 heavy (non-hydrogen) atoms. The van der Waals surface area contributed by atoms with Crippen LogP contribution in [-0.4, -0.2) is 17.9 Å². The molecule has 0 aromatic heterocycles. The Morgan fingerprint density at radius 3 is 2.14 bits per heavy atom. The van der Waals surface area contributed by atoms with Crippen molar-refractivity contribution in [3.05, 3.63) is 53.1 Å². The van der Waals surface area contributed by atoms with Crippen molar-refractivity contribution in [1.29, 1.82) is 0 Å². The average Bonchev–Trinajstić information content (AvgIpc) is 3.40. The molecule has 0 saturated heterocycles. The van der Waals surface area contributed by atoms with Crippen LogP contribution in [0.1, 0.15) is 37.0 Å². The van der Waals surface area contributed by atoms with Crippen molar-refractivity contribution in [1.82, 2.24) is 0 Å². The maximum absolute atomic E-state index is 12.6. The fourth-order valence-corrected chi connectivity index (χ4v) is 3.52. The molecule has 5 heteroatoms. The lowest BCUT2D eigenvalue weighted by Gasteiger charge is -2.15. The Kier molecular flexibility index (Phi) is 5.73. The number of para-hydroxylation sites is 2. The standard InChI is InChI=1S/C23H28N2O3/c1-13(2)28-20-9-7-6-8-19(20)24-22(26)17-12-18(17)23(27)25-21-15(4)10-14(3)11-16(21)5/h6-11,13,17-18H,12H2,1-5H3,(H,24,26)(H,25,27). The molecule has 2 unspecified atom stereocenters. The van der Waals surface area contributed by atoms with E-state index < -0.39 is 0 Å². The number of ether oxygens (including phenoxy) is 1. The van der Waals surface area contributed by atoms with E-state index in [2.05, 4.69) is 10.6 Å². The van der Waals surface area contributed by atoms with Crippen LogP contribution in [0.15, 0.2) is 36.4 Å². The van der Waals surface area contributed by atoms with E-state index in [4.69, 9.17) is 4.74 Å². The van der Waals surface area contributed by atoms with Gasteiger partial charge >= 0.3 is 0 Å². The molecule has 1 aliphatic rings. The predicted molar refractivity (Wildman–Crippen MR) is 112 cm³/mol. The Morgan fingerprint density at radius 1 is 0.964 bits per heavy atom. The van der Waals surface area contributed by atoms with Crippen LogP contribution < -0.4 is 15.4 Å². The zero-order valence-corrected chi connectivity index (χ0v) is 17.1. The molecule has 2 atom stereocenters. The minimum atomic E-state index is -0.307. The molecule has 0 radical (unpaired) electrons. The molecule has 5 nitrogen and oxygen atoms in total. The zero-order valence-electron chi connectivity index (χ0n) is 17.1. The van der Waals surface area contributed by atoms with Crippen LogP contribution in [-0.2, 0) is 9.59 Å². The van der Waals surface area contributed by atoms with Crippen molar-refractivity contribution in [3.8, 4) is 5.75 Å². The SMILES string of the molecule is Cc1cc(C)c(NC(=O)C2CC2C(=O)Nc2ccccc2OC(C)C)c(C)c1. The number of amides is 2. The summed E-state index contributed by atoms with van der Waals surface area (Å²) in [6.07, 6.45) is 0.577. The Bertz CT molecular complexity index is 881. The summed E-state index contributed by atoms with van der Waals surface area (Å²) in [5, 5.41) is 5.92. The molecule has 0 aliphatic heterocycles. The third-order valence-electron chi connectivity index (χ3n) is 4.90.